The molecular weight excluding hydrogens is 240 g/mol. The summed E-state index contributed by atoms with van der Waals surface area (Å²) in [7, 11) is 0. The number of hydrogen-bond acceptors (Lipinski definition) is 4. The zero-order chi connectivity index (χ0) is 13.8. The second kappa shape index (κ2) is 6.10. The van der Waals surface area contributed by atoms with Crippen LogP contribution in [0, 0.1) is 13.8 Å². The highest BCUT2D eigenvalue weighted by atomic mass is 16.2. The van der Waals surface area contributed by atoms with Crippen LogP contribution >= 0.6 is 0 Å². The molecule has 1 N–H and O–H groups in total. The Morgan fingerprint density at radius 3 is 2.89 bits per heavy atom. The molecule has 1 atom stereocenters. The summed E-state index contributed by atoms with van der Waals surface area (Å²) in [6.45, 7) is 8.49. The molecule has 0 spiro atoms. The SMILES string of the molecule is CCCN(C(=O)c1cc(C)nnc1C)C1CCNC1. The van der Waals surface area contributed by atoms with E-state index in [-0.39, 0.29) is 5.91 Å². The van der Waals surface area contributed by atoms with Crippen LogP contribution in [0.4, 0.5) is 0 Å². The molecule has 1 fully saturated rings. The molecule has 1 aliphatic heterocycles. The second-order valence-corrected chi connectivity index (χ2v) is 5.13. The molecule has 0 bridgehead atoms. The van der Waals surface area contributed by atoms with Crippen molar-refractivity contribution in [3.05, 3.63) is 23.0 Å². The number of aromatic nitrogens is 2. The Morgan fingerprint density at radius 1 is 1.47 bits per heavy atom. The second-order valence-electron chi connectivity index (χ2n) is 5.13. The summed E-state index contributed by atoms with van der Waals surface area (Å²) in [5, 5.41) is 11.4. The van der Waals surface area contributed by atoms with E-state index in [2.05, 4.69) is 22.4 Å². The Morgan fingerprint density at radius 2 is 2.26 bits per heavy atom. The molecule has 104 valence electrons. The zero-order valence-corrected chi connectivity index (χ0v) is 11.9. The van der Waals surface area contributed by atoms with Crippen molar-refractivity contribution < 1.29 is 4.79 Å². The molecule has 1 aliphatic rings. The molecule has 19 heavy (non-hydrogen) atoms. The molecule has 1 unspecified atom stereocenters. The minimum Gasteiger partial charge on any atom is -0.334 e. The first kappa shape index (κ1) is 13.9. The molecule has 2 heterocycles. The lowest BCUT2D eigenvalue weighted by molar-refractivity contribution is 0.0690. The van der Waals surface area contributed by atoms with Gasteiger partial charge in [-0.3, -0.25) is 4.79 Å². The maximum Gasteiger partial charge on any atom is 0.256 e. The van der Waals surface area contributed by atoms with Crippen LogP contribution in [0.3, 0.4) is 0 Å². The number of carbonyl (C=O) groups is 1. The molecule has 0 saturated carbocycles. The number of aryl methyl sites for hydroxylation is 2. The summed E-state index contributed by atoms with van der Waals surface area (Å²) in [6, 6.07) is 2.15. The summed E-state index contributed by atoms with van der Waals surface area (Å²) in [6.07, 6.45) is 2.00. The molecule has 5 heteroatoms. The van der Waals surface area contributed by atoms with Gasteiger partial charge in [0.25, 0.3) is 5.91 Å². The summed E-state index contributed by atoms with van der Waals surface area (Å²) < 4.78 is 0. The molecule has 2 rings (SSSR count). The van der Waals surface area contributed by atoms with E-state index >= 15 is 0 Å². The summed E-state index contributed by atoms with van der Waals surface area (Å²) in [5.74, 6) is 0.0889. The molecule has 0 aliphatic carbocycles. The van der Waals surface area contributed by atoms with E-state index in [1.165, 1.54) is 0 Å². The molecule has 0 radical (unpaired) electrons. The number of rotatable bonds is 4. The van der Waals surface area contributed by atoms with Gasteiger partial charge in [0.2, 0.25) is 0 Å². The van der Waals surface area contributed by atoms with Crippen molar-refractivity contribution in [2.24, 2.45) is 0 Å². The Balaban J connectivity index is 2.25. The van der Waals surface area contributed by atoms with Gasteiger partial charge in [-0.1, -0.05) is 6.92 Å². The van der Waals surface area contributed by atoms with Crippen molar-refractivity contribution in [2.75, 3.05) is 19.6 Å². The van der Waals surface area contributed by atoms with Crippen molar-refractivity contribution >= 4 is 5.91 Å². The maximum absolute atomic E-state index is 12.7. The van der Waals surface area contributed by atoms with Crippen molar-refractivity contribution in [1.29, 1.82) is 0 Å². The van der Waals surface area contributed by atoms with Crippen LogP contribution in [0.1, 0.15) is 41.5 Å². The monoisotopic (exact) mass is 262 g/mol. The van der Waals surface area contributed by atoms with Gasteiger partial charge in [0, 0.05) is 19.1 Å². The highest BCUT2D eigenvalue weighted by Crippen LogP contribution is 2.16. The van der Waals surface area contributed by atoms with Gasteiger partial charge in [0.1, 0.15) is 0 Å². The highest BCUT2D eigenvalue weighted by Gasteiger charge is 2.27. The Hall–Kier alpha value is -1.49. The van der Waals surface area contributed by atoms with Crippen LogP contribution in [-0.2, 0) is 0 Å². The van der Waals surface area contributed by atoms with Crippen molar-refractivity contribution in [1.82, 2.24) is 20.4 Å². The quantitative estimate of drug-likeness (QED) is 0.889. The fourth-order valence-corrected chi connectivity index (χ4v) is 2.52. The number of nitrogens with one attached hydrogen (secondary N) is 1. The Kier molecular flexibility index (Phi) is 4.47. The molecular formula is C14H22N4O. The topological polar surface area (TPSA) is 58.1 Å². The molecule has 5 nitrogen and oxygen atoms in total. The molecule has 0 aromatic carbocycles. The van der Waals surface area contributed by atoms with Gasteiger partial charge in [-0.15, -0.1) is 0 Å². The summed E-state index contributed by atoms with van der Waals surface area (Å²) >= 11 is 0. The predicted molar refractivity (Wildman–Crippen MR) is 74.1 cm³/mol. The van der Waals surface area contributed by atoms with Crippen LogP contribution in [0.25, 0.3) is 0 Å². The first-order chi connectivity index (χ1) is 9.13. The number of amides is 1. The van der Waals surface area contributed by atoms with Gasteiger partial charge in [0.15, 0.2) is 0 Å². The Labute approximate surface area is 114 Å². The minimum absolute atomic E-state index is 0.0889. The average molecular weight is 262 g/mol. The number of carbonyl (C=O) groups excluding carboxylic acids is 1. The molecule has 1 amide bonds. The maximum atomic E-state index is 12.7. The van der Waals surface area contributed by atoms with Gasteiger partial charge >= 0.3 is 0 Å². The van der Waals surface area contributed by atoms with Crippen LogP contribution in [-0.4, -0.2) is 46.7 Å². The smallest absolute Gasteiger partial charge is 0.256 e. The Bertz CT molecular complexity index is 455. The summed E-state index contributed by atoms with van der Waals surface area (Å²) in [4.78, 5) is 14.7. The van der Waals surface area contributed by atoms with Crippen molar-refractivity contribution in [3.8, 4) is 0 Å². The van der Waals surface area contributed by atoms with Crippen molar-refractivity contribution in [3.63, 3.8) is 0 Å². The zero-order valence-electron chi connectivity index (χ0n) is 11.9. The molecule has 1 saturated heterocycles. The van der Waals surface area contributed by atoms with Crippen LogP contribution in [0.2, 0.25) is 0 Å². The highest BCUT2D eigenvalue weighted by molar-refractivity contribution is 5.95. The predicted octanol–water partition coefficient (Wildman–Crippen LogP) is 1.31. The van der Waals surface area contributed by atoms with E-state index in [0.29, 0.717) is 17.3 Å². The van der Waals surface area contributed by atoms with Crippen LogP contribution < -0.4 is 5.32 Å². The van der Waals surface area contributed by atoms with Gasteiger partial charge in [-0.05, 0) is 39.3 Å². The number of hydrogen-bond donors (Lipinski definition) is 1. The van der Waals surface area contributed by atoms with E-state index in [1.54, 1.807) is 0 Å². The first-order valence-corrected chi connectivity index (χ1v) is 6.96. The third-order valence-electron chi connectivity index (χ3n) is 3.53. The lowest BCUT2D eigenvalue weighted by Gasteiger charge is -2.28. The van der Waals surface area contributed by atoms with Crippen LogP contribution in [0.5, 0.6) is 0 Å². The van der Waals surface area contributed by atoms with Gasteiger partial charge in [-0.2, -0.15) is 10.2 Å². The van der Waals surface area contributed by atoms with E-state index in [9.17, 15) is 4.79 Å². The normalized spacial score (nSPS) is 18.6. The lowest BCUT2D eigenvalue weighted by Crippen LogP contribution is -2.42. The van der Waals surface area contributed by atoms with Gasteiger partial charge < -0.3 is 10.2 Å². The molecule has 1 aromatic heterocycles. The summed E-state index contributed by atoms with van der Waals surface area (Å²) in [5.41, 5.74) is 2.19. The van der Waals surface area contributed by atoms with Crippen LogP contribution in [0.15, 0.2) is 6.07 Å². The molecule has 1 aromatic rings. The van der Waals surface area contributed by atoms with E-state index in [1.807, 2.05) is 24.8 Å². The standard InChI is InChI=1S/C14H22N4O/c1-4-7-18(12-5-6-15-9-12)14(19)13-8-10(2)16-17-11(13)3/h8,12,15H,4-7,9H2,1-3H3. The number of nitrogens with zero attached hydrogens (tertiary/aromatic N) is 3. The lowest BCUT2D eigenvalue weighted by atomic mass is 10.1. The third-order valence-corrected chi connectivity index (χ3v) is 3.53. The van der Waals surface area contributed by atoms with E-state index in [4.69, 9.17) is 0 Å². The average Bonchev–Trinajstić information content (AvgIpc) is 2.92. The van der Waals surface area contributed by atoms with E-state index < -0.39 is 0 Å². The minimum atomic E-state index is 0.0889. The van der Waals surface area contributed by atoms with E-state index in [0.717, 1.165) is 38.2 Å². The van der Waals surface area contributed by atoms with Gasteiger partial charge in [-0.25, -0.2) is 0 Å². The van der Waals surface area contributed by atoms with Gasteiger partial charge in [0.05, 0.1) is 17.0 Å². The van der Waals surface area contributed by atoms with Crippen molar-refractivity contribution in [2.45, 2.75) is 39.7 Å². The third kappa shape index (κ3) is 3.10. The fraction of sp³-hybridized carbons (Fsp3) is 0.643. The first-order valence-electron chi connectivity index (χ1n) is 6.96. The largest absolute Gasteiger partial charge is 0.334 e. The fourth-order valence-electron chi connectivity index (χ4n) is 2.52.